The summed E-state index contributed by atoms with van der Waals surface area (Å²) in [6, 6.07) is 3.67. The molecule has 114 valence electrons. The van der Waals surface area contributed by atoms with E-state index in [0.29, 0.717) is 10.8 Å². The summed E-state index contributed by atoms with van der Waals surface area (Å²) in [6.45, 7) is 7.78. The molecular formula is C15H24ClNO2S. The highest BCUT2D eigenvalue weighted by Crippen LogP contribution is 2.26. The van der Waals surface area contributed by atoms with Gasteiger partial charge in [-0.1, -0.05) is 19.9 Å². The van der Waals surface area contributed by atoms with Crippen molar-refractivity contribution in [1.82, 2.24) is 4.31 Å². The Kier molecular flexibility index (Phi) is 6.05. The van der Waals surface area contributed by atoms with Gasteiger partial charge in [-0.25, -0.2) is 8.42 Å². The lowest BCUT2D eigenvalue weighted by atomic mass is 10.1. The smallest absolute Gasteiger partial charge is 0.207 e. The molecule has 1 aromatic rings. The SMILES string of the molecule is CCC(CC)N(C)S(=O)(=O)c1cc(CCl)cc(C)c1C. The second-order valence-electron chi connectivity index (χ2n) is 5.16. The molecule has 0 N–H and O–H groups in total. The fourth-order valence-corrected chi connectivity index (χ4v) is 4.40. The summed E-state index contributed by atoms with van der Waals surface area (Å²) in [5.74, 6) is 0.318. The van der Waals surface area contributed by atoms with Crippen LogP contribution in [0.5, 0.6) is 0 Å². The van der Waals surface area contributed by atoms with Gasteiger partial charge in [0, 0.05) is 19.0 Å². The van der Waals surface area contributed by atoms with Crippen molar-refractivity contribution in [2.75, 3.05) is 7.05 Å². The molecule has 0 atom stereocenters. The van der Waals surface area contributed by atoms with E-state index in [0.717, 1.165) is 29.5 Å². The van der Waals surface area contributed by atoms with Gasteiger partial charge in [0.2, 0.25) is 10.0 Å². The molecule has 0 aliphatic heterocycles. The van der Waals surface area contributed by atoms with Crippen LogP contribution in [0.15, 0.2) is 17.0 Å². The normalized spacial score (nSPS) is 12.4. The minimum absolute atomic E-state index is 0.0272. The fourth-order valence-electron chi connectivity index (χ4n) is 2.40. The van der Waals surface area contributed by atoms with Crippen LogP contribution in [0.2, 0.25) is 0 Å². The second-order valence-corrected chi connectivity index (χ2v) is 7.39. The van der Waals surface area contributed by atoms with Gasteiger partial charge in [-0.2, -0.15) is 4.31 Å². The van der Waals surface area contributed by atoms with E-state index in [1.165, 1.54) is 4.31 Å². The summed E-state index contributed by atoms with van der Waals surface area (Å²) in [4.78, 5) is 0.377. The van der Waals surface area contributed by atoms with Gasteiger partial charge in [0.05, 0.1) is 4.90 Å². The van der Waals surface area contributed by atoms with E-state index in [9.17, 15) is 8.42 Å². The van der Waals surface area contributed by atoms with Gasteiger partial charge in [-0.05, 0) is 49.4 Å². The Balaban J connectivity index is 3.38. The minimum atomic E-state index is -3.47. The predicted molar refractivity (Wildman–Crippen MR) is 84.8 cm³/mol. The van der Waals surface area contributed by atoms with E-state index in [-0.39, 0.29) is 6.04 Å². The van der Waals surface area contributed by atoms with Gasteiger partial charge in [0.1, 0.15) is 0 Å². The van der Waals surface area contributed by atoms with Crippen LogP contribution in [0, 0.1) is 13.8 Å². The molecule has 1 aromatic carbocycles. The van der Waals surface area contributed by atoms with Gasteiger partial charge in [-0.15, -0.1) is 11.6 Å². The Hall–Kier alpha value is -0.580. The quantitative estimate of drug-likeness (QED) is 0.747. The Morgan fingerprint density at radius 1 is 1.20 bits per heavy atom. The van der Waals surface area contributed by atoms with Crippen molar-refractivity contribution in [3.63, 3.8) is 0 Å². The Morgan fingerprint density at radius 2 is 1.75 bits per heavy atom. The van der Waals surface area contributed by atoms with Crippen molar-refractivity contribution >= 4 is 21.6 Å². The molecule has 1 rings (SSSR count). The third kappa shape index (κ3) is 3.35. The average molecular weight is 318 g/mol. The Labute approximate surface area is 128 Å². The van der Waals surface area contributed by atoms with Crippen LogP contribution in [-0.2, 0) is 15.9 Å². The highest BCUT2D eigenvalue weighted by Gasteiger charge is 2.28. The number of sulfonamides is 1. The Bertz CT molecular complexity index is 565. The van der Waals surface area contributed by atoms with Crippen LogP contribution in [0.1, 0.15) is 43.4 Å². The highest BCUT2D eigenvalue weighted by molar-refractivity contribution is 7.89. The molecule has 3 nitrogen and oxygen atoms in total. The average Bonchev–Trinajstić information content (AvgIpc) is 2.42. The van der Waals surface area contributed by atoms with E-state index in [2.05, 4.69) is 0 Å². The zero-order chi connectivity index (χ0) is 15.5. The van der Waals surface area contributed by atoms with Crippen LogP contribution in [0.4, 0.5) is 0 Å². The van der Waals surface area contributed by atoms with Crippen molar-refractivity contribution in [2.45, 2.75) is 57.4 Å². The van der Waals surface area contributed by atoms with Gasteiger partial charge < -0.3 is 0 Å². The van der Waals surface area contributed by atoms with Crippen LogP contribution < -0.4 is 0 Å². The molecule has 0 heterocycles. The number of hydrogen-bond donors (Lipinski definition) is 0. The molecule has 0 radical (unpaired) electrons. The molecule has 0 aliphatic carbocycles. The lowest BCUT2D eigenvalue weighted by Crippen LogP contribution is -2.36. The molecule has 0 amide bonds. The first-order chi connectivity index (χ1) is 9.29. The largest absolute Gasteiger partial charge is 0.243 e. The van der Waals surface area contributed by atoms with Crippen LogP contribution in [-0.4, -0.2) is 25.8 Å². The summed E-state index contributed by atoms with van der Waals surface area (Å²) in [6.07, 6.45) is 1.61. The van der Waals surface area contributed by atoms with E-state index in [1.54, 1.807) is 13.1 Å². The molecule has 0 bridgehead atoms. The third-order valence-electron chi connectivity index (χ3n) is 3.95. The highest BCUT2D eigenvalue weighted by atomic mass is 35.5. The lowest BCUT2D eigenvalue weighted by Gasteiger charge is -2.26. The molecule has 20 heavy (non-hydrogen) atoms. The van der Waals surface area contributed by atoms with Crippen molar-refractivity contribution in [3.8, 4) is 0 Å². The predicted octanol–water partition coefficient (Wildman–Crippen LogP) is 3.85. The van der Waals surface area contributed by atoms with Crippen LogP contribution >= 0.6 is 11.6 Å². The number of benzene rings is 1. The summed E-state index contributed by atoms with van der Waals surface area (Å²) in [7, 11) is -1.81. The molecule has 0 aliphatic rings. The number of halogens is 1. The number of nitrogens with zero attached hydrogens (tertiary/aromatic N) is 1. The monoisotopic (exact) mass is 317 g/mol. The first-order valence-corrected chi connectivity index (χ1v) is 8.91. The molecule has 0 saturated heterocycles. The first kappa shape index (κ1) is 17.5. The molecular weight excluding hydrogens is 294 g/mol. The van der Waals surface area contributed by atoms with Crippen molar-refractivity contribution in [2.24, 2.45) is 0 Å². The molecule has 0 aromatic heterocycles. The zero-order valence-corrected chi connectivity index (χ0v) is 14.5. The van der Waals surface area contributed by atoms with E-state index in [1.807, 2.05) is 33.8 Å². The van der Waals surface area contributed by atoms with Crippen molar-refractivity contribution in [3.05, 3.63) is 28.8 Å². The van der Waals surface area contributed by atoms with Gasteiger partial charge in [0.25, 0.3) is 0 Å². The summed E-state index contributed by atoms with van der Waals surface area (Å²) in [5, 5.41) is 0. The lowest BCUT2D eigenvalue weighted by molar-refractivity contribution is 0.349. The topological polar surface area (TPSA) is 37.4 Å². The third-order valence-corrected chi connectivity index (χ3v) is 6.29. The Morgan fingerprint density at radius 3 is 2.20 bits per heavy atom. The number of aryl methyl sites for hydroxylation is 1. The minimum Gasteiger partial charge on any atom is -0.207 e. The van der Waals surface area contributed by atoms with Crippen molar-refractivity contribution in [1.29, 1.82) is 0 Å². The summed E-state index contributed by atoms with van der Waals surface area (Å²) >= 11 is 5.86. The van der Waals surface area contributed by atoms with Gasteiger partial charge >= 0.3 is 0 Å². The fraction of sp³-hybridized carbons (Fsp3) is 0.600. The molecule has 0 fully saturated rings. The van der Waals surface area contributed by atoms with Crippen LogP contribution in [0.3, 0.4) is 0 Å². The van der Waals surface area contributed by atoms with E-state index >= 15 is 0 Å². The maximum absolute atomic E-state index is 12.8. The molecule has 0 saturated carbocycles. The first-order valence-electron chi connectivity index (χ1n) is 6.93. The zero-order valence-electron chi connectivity index (χ0n) is 12.9. The van der Waals surface area contributed by atoms with Gasteiger partial charge in [-0.3, -0.25) is 0 Å². The number of rotatable bonds is 6. The standard InChI is InChI=1S/C15H24ClNO2S/c1-6-14(7-2)17(5)20(18,19)15-9-13(10-16)8-11(3)12(15)4/h8-9,14H,6-7,10H2,1-5H3. The summed E-state index contributed by atoms with van der Waals surface area (Å²) in [5.41, 5.74) is 2.60. The maximum atomic E-state index is 12.8. The van der Waals surface area contributed by atoms with Crippen LogP contribution in [0.25, 0.3) is 0 Å². The number of alkyl halides is 1. The molecule has 0 spiro atoms. The van der Waals surface area contributed by atoms with Gasteiger partial charge in [0.15, 0.2) is 0 Å². The van der Waals surface area contributed by atoms with E-state index in [4.69, 9.17) is 11.6 Å². The maximum Gasteiger partial charge on any atom is 0.243 e. The van der Waals surface area contributed by atoms with E-state index < -0.39 is 10.0 Å². The number of hydrogen-bond acceptors (Lipinski definition) is 2. The molecule has 5 heteroatoms. The van der Waals surface area contributed by atoms with Crippen molar-refractivity contribution < 1.29 is 8.42 Å². The second kappa shape index (κ2) is 6.92. The summed E-state index contributed by atoms with van der Waals surface area (Å²) < 4.78 is 27.1. The molecule has 0 unspecified atom stereocenters.